The number of nitrogens with zero attached hydrogens (tertiary/aromatic N) is 1. The number of ether oxygens (including phenoxy) is 2. The van der Waals surface area contributed by atoms with Gasteiger partial charge in [-0.2, -0.15) is 0 Å². The standard InChI is InChI=1S/C16H14F3N3O5/c1-26-11-5-6-13(14(8-11)22(24)25)21-15(23)9-20-10-3-2-4-12(7-10)27-16(17,18)19/h2-8,20H,9H2,1H3,(H,21,23). The molecule has 1 amide bonds. The molecule has 0 heterocycles. The molecule has 27 heavy (non-hydrogen) atoms. The summed E-state index contributed by atoms with van der Waals surface area (Å²) < 4.78 is 45.3. The largest absolute Gasteiger partial charge is 0.573 e. The van der Waals surface area contributed by atoms with Gasteiger partial charge < -0.3 is 20.1 Å². The summed E-state index contributed by atoms with van der Waals surface area (Å²) in [6.07, 6.45) is -4.83. The van der Waals surface area contributed by atoms with Crippen molar-refractivity contribution in [2.45, 2.75) is 6.36 Å². The van der Waals surface area contributed by atoms with E-state index in [0.29, 0.717) is 0 Å². The Bertz CT molecular complexity index is 842. The van der Waals surface area contributed by atoms with Crippen LogP contribution in [-0.4, -0.2) is 30.8 Å². The van der Waals surface area contributed by atoms with Crippen molar-refractivity contribution in [3.8, 4) is 11.5 Å². The Morgan fingerprint density at radius 1 is 1.19 bits per heavy atom. The van der Waals surface area contributed by atoms with Gasteiger partial charge in [0.15, 0.2) is 0 Å². The van der Waals surface area contributed by atoms with Crippen molar-refractivity contribution in [2.24, 2.45) is 0 Å². The van der Waals surface area contributed by atoms with Crippen LogP contribution in [0.15, 0.2) is 42.5 Å². The second-order valence-electron chi connectivity index (χ2n) is 5.12. The van der Waals surface area contributed by atoms with Crippen molar-refractivity contribution < 1.29 is 32.4 Å². The van der Waals surface area contributed by atoms with Crippen molar-refractivity contribution in [3.63, 3.8) is 0 Å². The van der Waals surface area contributed by atoms with Crippen LogP contribution < -0.4 is 20.1 Å². The lowest BCUT2D eigenvalue weighted by Crippen LogP contribution is -2.22. The van der Waals surface area contributed by atoms with Gasteiger partial charge in [0.1, 0.15) is 17.2 Å². The maximum absolute atomic E-state index is 12.2. The fourth-order valence-electron chi connectivity index (χ4n) is 2.08. The predicted molar refractivity (Wildman–Crippen MR) is 89.9 cm³/mol. The molecule has 0 aliphatic heterocycles. The first-order valence-electron chi connectivity index (χ1n) is 7.40. The van der Waals surface area contributed by atoms with Crippen LogP contribution in [0.4, 0.5) is 30.2 Å². The Morgan fingerprint density at radius 2 is 1.93 bits per heavy atom. The number of nitrogens with one attached hydrogen (secondary N) is 2. The van der Waals surface area contributed by atoms with Gasteiger partial charge >= 0.3 is 6.36 Å². The number of halogens is 3. The van der Waals surface area contributed by atoms with Gasteiger partial charge in [0.05, 0.1) is 24.6 Å². The van der Waals surface area contributed by atoms with Crippen LogP contribution in [0.1, 0.15) is 0 Å². The summed E-state index contributed by atoms with van der Waals surface area (Å²) in [5, 5.41) is 16.0. The Balaban J connectivity index is 2.01. The maximum atomic E-state index is 12.2. The molecule has 2 aromatic carbocycles. The van der Waals surface area contributed by atoms with Gasteiger partial charge in [-0.1, -0.05) is 6.07 Å². The molecule has 8 nitrogen and oxygen atoms in total. The highest BCUT2D eigenvalue weighted by Gasteiger charge is 2.31. The molecule has 2 rings (SSSR count). The number of hydrogen-bond donors (Lipinski definition) is 2. The lowest BCUT2D eigenvalue weighted by atomic mass is 10.2. The molecule has 2 aromatic rings. The van der Waals surface area contributed by atoms with Crippen LogP contribution in [-0.2, 0) is 4.79 Å². The van der Waals surface area contributed by atoms with Gasteiger partial charge in [-0.3, -0.25) is 14.9 Å². The van der Waals surface area contributed by atoms with Crippen LogP contribution in [0.5, 0.6) is 11.5 Å². The Hall–Kier alpha value is -3.50. The number of benzene rings is 2. The minimum Gasteiger partial charge on any atom is -0.496 e. The van der Waals surface area contributed by atoms with E-state index < -0.39 is 22.9 Å². The zero-order valence-electron chi connectivity index (χ0n) is 13.9. The van der Waals surface area contributed by atoms with Gasteiger partial charge in [-0.15, -0.1) is 13.2 Å². The normalized spacial score (nSPS) is 10.8. The van der Waals surface area contributed by atoms with E-state index in [1.807, 2.05) is 0 Å². The van der Waals surface area contributed by atoms with Crippen molar-refractivity contribution in [1.29, 1.82) is 0 Å². The lowest BCUT2D eigenvalue weighted by Gasteiger charge is -2.11. The molecule has 2 N–H and O–H groups in total. The Kier molecular flexibility index (Phi) is 6.06. The van der Waals surface area contributed by atoms with Crippen molar-refractivity contribution >= 4 is 23.0 Å². The van der Waals surface area contributed by atoms with E-state index in [2.05, 4.69) is 15.4 Å². The molecule has 0 atom stereocenters. The minimum atomic E-state index is -4.83. The molecule has 0 unspecified atom stereocenters. The summed E-state index contributed by atoms with van der Waals surface area (Å²) in [4.78, 5) is 22.4. The zero-order valence-corrected chi connectivity index (χ0v) is 13.9. The topological polar surface area (TPSA) is 103 Å². The first-order valence-corrected chi connectivity index (χ1v) is 7.40. The lowest BCUT2D eigenvalue weighted by molar-refractivity contribution is -0.384. The number of alkyl halides is 3. The number of amides is 1. The number of nitro benzene ring substituents is 1. The highest BCUT2D eigenvalue weighted by Crippen LogP contribution is 2.29. The van der Waals surface area contributed by atoms with Crippen LogP contribution in [0, 0.1) is 10.1 Å². The molecule has 0 saturated carbocycles. The van der Waals surface area contributed by atoms with Gasteiger partial charge in [0, 0.05) is 11.8 Å². The minimum absolute atomic E-state index is 0.0400. The molecule has 0 radical (unpaired) electrons. The van der Waals surface area contributed by atoms with E-state index in [-0.39, 0.29) is 29.4 Å². The van der Waals surface area contributed by atoms with Crippen LogP contribution in [0.3, 0.4) is 0 Å². The number of methoxy groups -OCH3 is 1. The molecule has 0 spiro atoms. The third-order valence-electron chi connectivity index (χ3n) is 3.20. The average molecular weight is 385 g/mol. The fraction of sp³-hybridized carbons (Fsp3) is 0.188. The van der Waals surface area contributed by atoms with Crippen molar-refractivity contribution in [3.05, 3.63) is 52.6 Å². The SMILES string of the molecule is COc1ccc(NC(=O)CNc2cccc(OC(F)(F)F)c2)c([N+](=O)[O-])c1. The fourth-order valence-corrected chi connectivity index (χ4v) is 2.08. The van der Waals surface area contributed by atoms with E-state index in [4.69, 9.17) is 4.74 Å². The molecule has 0 fully saturated rings. The molecular weight excluding hydrogens is 371 g/mol. The van der Waals surface area contributed by atoms with Gasteiger partial charge in [-0.25, -0.2) is 0 Å². The van der Waals surface area contributed by atoms with Crippen LogP contribution in [0.25, 0.3) is 0 Å². The second-order valence-corrected chi connectivity index (χ2v) is 5.12. The Labute approximate surface area is 151 Å². The predicted octanol–water partition coefficient (Wildman–Crippen LogP) is 3.55. The van der Waals surface area contributed by atoms with Gasteiger partial charge in [0.25, 0.3) is 5.69 Å². The summed E-state index contributed by atoms with van der Waals surface area (Å²) in [6.45, 7) is -0.335. The number of rotatable bonds is 7. The van der Waals surface area contributed by atoms with E-state index in [9.17, 15) is 28.1 Å². The summed E-state index contributed by atoms with van der Waals surface area (Å²) in [6, 6.07) is 8.83. The number of nitro groups is 1. The molecule has 0 saturated heterocycles. The van der Waals surface area contributed by atoms with E-state index in [1.165, 1.54) is 31.4 Å². The monoisotopic (exact) mass is 385 g/mol. The van der Waals surface area contributed by atoms with Gasteiger partial charge in [0.2, 0.25) is 5.91 Å². The summed E-state index contributed by atoms with van der Waals surface area (Å²) in [5.41, 5.74) is -0.193. The molecule has 144 valence electrons. The molecule has 0 aliphatic carbocycles. The number of hydrogen-bond acceptors (Lipinski definition) is 6. The second kappa shape index (κ2) is 8.25. The van der Waals surface area contributed by atoms with Crippen molar-refractivity contribution in [2.75, 3.05) is 24.3 Å². The van der Waals surface area contributed by atoms with E-state index in [0.717, 1.165) is 18.2 Å². The molecule has 11 heteroatoms. The van der Waals surface area contributed by atoms with Crippen LogP contribution in [0.2, 0.25) is 0 Å². The summed E-state index contributed by atoms with van der Waals surface area (Å²) in [5.74, 6) is -0.830. The quantitative estimate of drug-likeness (QED) is 0.558. The zero-order chi connectivity index (χ0) is 20.0. The highest BCUT2D eigenvalue weighted by atomic mass is 19.4. The number of carbonyl (C=O) groups is 1. The third-order valence-corrected chi connectivity index (χ3v) is 3.20. The van der Waals surface area contributed by atoms with Crippen molar-refractivity contribution in [1.82, 2.24) is 0 Å². The first-order chi connectivity index (χ1) is 12.7. The highest BCUT2D eigenvalue weighted by molar-refractivity contribution is 5.95. The molecule has 0 bridgehead atoms. The maximum Gasteiger partial charge on any atom is 0.573 e. The third kappa shape index (κ3) is 6.06. The first kappa shape index (κ1) is 19.8. The van der Waals surface area contributed by atoms with E-state index >= 15 is 0 Å². The average Bonchev–Trinajstić information content (AvgIpc) is 2.59. The number of anilines is 2. The summed E-state index contributed by atoms with van der Waals surface area (Å²) in [7, 11) is 1.35. The van der Waals surface area contributed by atoms with Crippen LogP contribution >= 0.6 is 0 Å². The van der Waals surface area contributed by atoms with Gasteiger partial charge in [-0.05, 0) is 24.3 Å². The number of carbonyl (C=O) groups excluding carboxylic acids is 1. The summed E-state index contributed by atoms with van der Waals surface area (Å²) >= 11 is 0. The van der Waals surface area contributed by atoms with E-state index in [1.54, 1.807) is 0 Å². The molecule has 0 aliphatic rings. The Morgan fingerprint density at radius 3 is 2.56 bits per heavy atom. The smallest absolute Gasteiger partial charge is 0.496 e. The molecule has 0 aromatic heterocycles. The molecular formula is C16H14F3N3O5.